The van der Waals surface area contributed by atoms with Gasteiger partial charge < -0.3 is 10.2 Å². The minimum absolute atomic E-state index is 0.213. The molecule has 0 spiro atoms. The molecule has 3 aromatic rings. The minimum Gasteiger partial charge on any atom is -0.508 e. The second-order valence-corrected chi connectivity index (χ2v) is 7.43. The maximum atomic E-state index is 11.2. The van der Waals surface area contributed by atoms with Gasteiger partial charge in [-0.05, 0) is 48.7 Å². The van der Waals surface area contributed by atoms with Crippen molar-refractivity contribution in [2.75, 3.05) is 0 Å². The van der Waals surface area contributed by atoms with Crippen LogP contribution in [0.1, 0.15) is 43.8 Å². The van der Waals surface area contributed by atoms with Gasteiger partial charge in [0, 0.05) is 17.2 Å². The smallest absolute Gasteiger partial charge is 0.328 e. The minimum atomic E-state index is -0.998. The van der Waals surface area contributed by atoms with Crippen LogP contribution in [0.15, 0.2) is 60.7 Å². The number of phenols is 1. The average Bonchev–Trinajstić information content (AvgIpc) is 3.13. The molecule has 5 heteroatoms. The highest BCUT2D eigenvalue weighted by Gasteiger charge is 2.25. The quantitative estimate of drug-likeness (QED) is 0.564. The van der Waals surface area contributed by atoms with E-state index in [1.807, 2.05) is 42.5 Å². The van der Waals surface area contributed by atoms with E-state index >= 15 is 0 Å². The van der Waals surface area contributed by atoms with Gasteiger partial charge in [0.15, 0.2) is 0 Å². The van der Waals surface area contributed by atoms with E-state index in [1.54, 1.807) is 18.2 Å². The molecule has 1 saturated carbocycles. The Balaban J connectivity index is 1.97. The van der Waals surface area contributed by atoms with Crippen LogP contribution >= 0.6 is 0 Å². The molecule has 1 heterocycles. The molecule has 1 aromatic heterocycles. The first-order valence-electron chi connectivity index (χ1n) is 10.0. The fourth-order valence-electron chi connectivity index (χ4n) is 4.09. The highest BCUT2D eigenvalue weighted by molar-refractivity contribution is 5.91. The standard InChI is InChI=1S/C24H24N2O3/c27-20-13-11-18(12-14-20)24-23(17-7-3-1-4-8-17)21(15-16-22(28)29)25-26(24)19-9-5-2-6-10-19/h1,3-4,7-8,11-16,19,27H,2,5-6,9-10H2,(H,28,29)/b16-15+. The Bertz CT molecular complexity index is 1010. The van der Waals surface area contributed by atoms with E-state index < -0.39 is 5.97 Å². The van der Waals surface area contributed by atoms with E-state index in [1.165, 1.54) is 19.3 Å². The topological polar surface area (TPSA) is 75.3 Å². The van der Waals surface area contributed by atoms with Crippen LogP contribution in [0, 0.1) is 0 Å². The van der Waals surface area contributed by atoms with Gasteiger partial charge in [-0.3, -0.25) is 4.68 Å². The largest absolute Gasteiger partial charge is 0.508 e. The number of hydrogen-bond acceptors (Lipinski definition) is 3. The summed E-state index contributed by atoms with van der Waals surface area (Å²) in [6.45, 7) is 0. The molecule has 0 radical (unpaired) electrons. The van der Waals surface area contributed by atoms with Gasteiger partial charge in [0.1, 0.15) is 5.75 Å². The van der Waals surface area contributed by atoms with Crippen LogP contribution in [0.4, 0.5) is 0 Å². The van der Waals surface area contributed by atoms with Gasteiger partial charge >= 0.3 is 5.97 Å². The predicted octanol–water partition coefficient (Wildman–Crippen LogP) is 5.53. The molecule has 0 atom stereocenters. The van der Waals surface area contributed by atoms with Crippen molar-refractivity contribution in [3.05, 3.63) is 66.4 Å². The van der Waals surface area contributed by atoms with Gasteiger partial charge in [0.05, 0.1) is 17.4 Å². The SMILES string of the molecule is O=C(O)/C=C/c1nn(C2CCCCC2)c(-c2ccc(O)cc2)c1-c1ccccc1. The number of rotatable bonds is 5. The van der Waals surface area contributed by atoms with E-state index in [0.29, 0.717) is 5.69 Å². The highest BCUT2D eigenvalue weighted by atomic mass is 16.4. The van der Waals surface area contributed by atoms with Crippen LogP contribution in [0.2, 0.25) is 0 Å². The highest BCUT2D eigenvalue weighted by Crippen LogP contribution is 2.40. The van der Waals surface area contributed by atoms with Crippen LogP contribution in [0.3, 0.4) is 0 Å². The summed E-state index contributed by atoms with van der Waals surface area (Å²) in [6, 6.07) is 17.4. The second kappa shape index (κ2) is 8.35. The lowest BCUT2D eigenvalue weighted by atomic mass is 9.94. The van der Waals surface area contributed by atoms with Gasteiger partial charge in [0.2, 0.25) is 0 Å². The first kappa shape index (κ1) is 19.0. The van der Waals surface area contributed by atoms with E-state index in [-0.39, 0.29) is 11.8 Å². The Labute approximate surface area is 169 Å². The monoisotopic (exact) mass is 388 g/mol. The first-order valence-corrected chi connectivity index (χ1v) is 10.0. The Morgan fingerprint density at radius 3 is 2.31 bits per heavy atom. The normalized spacial score (nSPS) is 15.0. The number of carboxylic acids is 1. The van der Waals surface area contributed by atoms with Gasteiger partial charge in [0.25, 0.3) is 0 Å². The lowest BCUT2D eigenvalue weighted by Crippen LogP contribution is -2.15. The van der Waals surface area contributed by atoms with Crippen molar-refractivity contribution in [1.82, 2.24) is 9.78 Å². The number of aromatic hydroxyl groups is 1. The maximum Gasteiger partial charge on any atom is 0.328 e. The summed E-state index contributed by atoms with van der Waals surface area (Å²) in [4.78, 5) is 11.2. The third-order valence-electron chi connectivity index (χ3n) is 5.45. The number of aliphatic carboxylic acids is 1. The first-order chi connectivity index (χ1) is 14.1. The van der Waals surface area contributed by atoms with E-state index in [9.17, 15) is 9.90 Å². The molecule has 2 aromatic carbocycles. The zero-order valence-corrected chi connectivity index (χ0v) is 16.2. The molecule has 4 rings (SSSR count). The van der Waals surface area contributed by atoms with Crippen molar-refractivity contribution >= 4 is 12.0 Å². The lowest BCUT2D eigenvalue weighted by Gasteiger charge is -2.24. The summed E-state index contributed by atoms with van der Waals surface area (Å²) in [5.41, 5.74) is 4.47. The summed E-state index contributed by atoms with van der Waals surface area (Å²) in [5.74, 6) is -0.785. The van der Waals surface area contributed by atoms with E-state index in [0.717, 1.165) is 41.3 Å². The van der Waals surface area contributed by atoms with Crippen molar-refractivity contribution in [3.8, 4) is 28.1 Å². The summed E-state index contributed by atoms with van der Waals surface area (Å²) in [6.07, 6.45) is 8.41. The third-order valence-corrected chi connectivity index (χ3v) is 5.45. The molecule has 29 heavy (non-hydrogen) atoms. The molecular weight excluding hydrogens is 364 g/mol. The zero-order chi connectivity index (χ0) is 20.2. The fraction of sp³-hybridized carbons (Fsp3) is 0.250. The summed E-state index contributed by atoms with van der Waals surface area (Å²) in [5, 5.41) is 23.8. The average molecular weight is 388 g/mol. The second-order valence-electron chi connectivity index (χ2n) is 7.43. The summed E-state index contributed by atoms with van der Waals surface area (Å²) < 4.78 is 2.08. The molecule has 1 fully saturated rings. The number of hydrogen-bond donors (Lipinski definition) is 2. The maximum absolute atomic E-state index is 11.2. The van der Waals surface area contributed by atoms with Crippen molar-refractivity contribution in [2.24, 2.45) is 0 Å². The molecule has 0 bridgehead atoms. The predicted molar refractivity (Wildman–Crippen MR) is 114 cm³/mol. The van der Waals surface area contributed by atoms with Gasteiger partial charge in [-0.25, -0.2) is 4.79 Å². The molecule has 148 valence electrons. The molecule has 0 aliphatic heterocycles. The van der Waals surface area contributed by atoms with Crippen LogP contribution < -0.4 is 0 Å². The molecule has 1 aliphatic carbocycles. The fourth-order valence-corrected chi connectivity index (χ4v) is 4.09. The van der Waals surface area contributed by atoms with Crippen LogP contribution in [0.25, 0.3) is 28.5 Å². The Hall–Kier alpha value is -3.34. The number of phenolic OH excluding ortho intramolecular Hbond substituents is 1. The van der Waals surface area contributed by atoms with Crippen molar-refractivity contribution in [3.63, 3.8) is 0 Å². The molecule has 2 N–H and O–H groups in total. The van der Waals surface area contributed by atoms with E-state index in [2.05, 4.69) is 4.68 Å². The number of nitrogens with zero attached hydrogens (tertiary/aromatic N) is 2. The summed E-state index contributed by atoms with van der Waals surface area (Å²) >= 11 is 0. The van der Waals surface area contributed by atoms with Crippen LogP contribution in [-0.2, 0) is 4.79 Å². The number of carbonyl (C=O) groups is 1. The Kier molecular flexibility index (Phi) is 5.47. The van der Waals surface area contributed by atoms with Crippen LogP contribution in [0.5, 0.6) is 5.75 Å². The van der Waals surface area contributed by atoms with Gasteiger partial charge in [-0.15, -0.1) is 0 Å². The molecule has 0 amide bonds. The zero-order valence-electron chi connectivity index (χ0n) is 16.2. The Morgan fingerprint density at radius 1 is 0.966 bits per heavy atom. The number of carboxylic acid groups (broad SMARTS) is 1. The molecule has 0 unspecified atom stereocenters. The molecule has 0 saturated heterocycles. The molecule has 1 aliphatic rings. The lowest BCUT2D eigenvalue weighted by molar-refractivity contribution is -0.131. The van der Waals surface area contributed by atoms with Crippen LogP contribution in [-0.4, -0.2) is 26.0 Å². The molecular formula is C24H24N2O3. The van der Waals surface area contributed by atoms with Gasteiger partial charge in [-0.1, -0.05) is 49.6 Å². The van der Waals surface area contributed by atoms with Crippen molar-refractivity contribution in [2.45, 2.75) is 38.1 Å². The third kappa shape index (κ3) is 4.09. The van der Waals surface area contributed by atoms with Crippen molar-refractivity contribution < 1.29 is 15.0 Å². The summed E-state index contributed by atoms with van der Waals surface area (Å²) in [7, 11) is 0. The van der Waals surface area contributed by atoms with Crippen molar-refractivity contribution in [1.29, 1.82) is 0 Å². The molecule has 5 nitrogen and oxygen atoms in total. The Morgan fingerprint density at radius 2 is 1.66 bits per heavy atom. The van der Waals surface area contributed by atoms with E-state index in [4.69, 9.17) is 10.2 Å². The number of aromatic nitrogens is 2. The number of benzene rings is 2. The van der Waals surface area contributed by atoms with Gasteiger partial charge in [-0.2, -0.15) is 5.10 Å².